The summed E-state index contributed by atoms with van der Waals surface area (Å²) in [5.41, 5.74) is 1.90. The number of sulfone groups is 1. The zero-order chi connectivity index (χ0) is 36.1. The number of rotatable bonds is 12. The van der Waals surface area contributed by atoms with E-state index in [4.69, 9.17) is 9.47 Å². The van der Waals surface area contributed by atoms with E-state index in [9.17, 15) is 18.0 Å². The minimum atomic E-state index is -4.14. The summed E-state index contributed by atoms with van der Waals surface area (Å²) in [4.78, 5) is 27.9. The average Bonchev–Trinajstić information content (AvgIpc) is 3.55. The molecule has 0 amide bonds. The van der Waals surface area contributed by atoms with Gasteiger partial charge in [-0.2, -0.15) is 0 Å². The van der Waals surface area contributed by atoms with Crippen molar-refractivity contribution in [1.82, 2.24) is 14.9 Å². The Morgan fingerprint density at radius 2 is 1.25 bits per heavy atom. The minimum absolute atomic E-state index is 0.123. The Morgan fingerprint density at radius 3 is 1.77 bits per heavy atom. The molecule has 10 heteroatoms. The second-order valence-corrected chi connectivity index (χ2v) is 15.0. The molecular weight excluding hydrogens is 675 g/mol. The van der Waals surface area contributed by atoms with Gasteiger partial charge in [0, 0.05) is 18.8 Å². The van der Waals surface area contributed by atoms with Crippen molar-refractivity contribution in [2.24, 2.45) is 0 Å². The summed E-state index contributed by atoms with van der Waals surface area (Å²) in [6, 6.07) is 46.0. The van der Waals surface area contributed by atoms with Gasteiger partial charge in [0.15, 0.2) is 16.1 Å². The van der Waals surface area contributed by atoms with Gasteiger partial charge in [-0.25, -0.2) is 13.2 Å². The molecule has 4 atom stereocenters. The van der Waals surface area contributed by atoms with Gasteiger partial charge in [-0.3, -0.25) is 14.3 Å². The van der Waals surface area contributed by atoms with Crippen LogP contribution in [0.3, 0.4) is 0 Å². The summed E-state index contributed by atoms with van der Waals surface area (Å²) in [5, 5.41) is 2.22. The third-order valence-corrected chi connectivity index (χ3v) is 11.8. The number of aromatic amines is 1. The molecule has 0 bridgehead atoms. The molecule has 264 valence electrons. The fraction of sp³-hybridized carbons (Fsp3) is 0.190. The minimum Gasteiger partial charge on any atom is -0.358 e. The van der Waals surface area contributed by atoms with Crippen LogP contribution >= 0.6 is 0 Å². The topological polar surface area (TPSA) is 119 Å². The lowest BCUT2D eigenvalue weighted by Gasteiger charge is -2.37. The van der Waals surface area contributed by atoms with Crippen LogP contribution < -0.4 is 16.6 Å². The number of hydrogen-bond acceptors (Lipinski definition) is 7. The third-order valence-electron chi connectivity index (χ3n) is 9.56. The fourth-order valence-electron chi connectivity index (χ4n) is 7.04. The van der Waals surface area contributed by atoms with Gasteiger partial charge in [0.1, 0.15) is 17.0 Å². The Kier molecular flexibility index (Phi) is 10.2. The maximum Gasteiger partial charge on any atom is 0.330 e. The van der Waals surface area contributed by atoms with E-state index in [1.54, 1.807) is 24.3 Å². The molecule has 1 aromatic heterocycles. The number of aromatic nitrogens is 2. The summed E-state index contributed by atoms with van der Waals surface area (Å²) in [6.07, 6.45) is -0.852. The normalized spacial score (nSPS) is 19.0. The van der Waals surface area contributed by atoms with Gasteiger partial charge < -0.3 is 14.8 Å². The lowest BCUT2D eigenvalue weighted by atomic mass is 9.80. The van der Waals surface area contributed by atoms with Crippen LogP contribution in [0.1, 0.15) is 34.0 Å². The molecule has 1 saturated heterocycles. The summed E-state index contributed by atoms with van der Waals surface area (Å²) in [7, 11) is -4.14. The number of nitrogens with one attached hydrogen (secondary N) is 2. The zero-order valence-corrected chi connectivity index (χ0v) is 29.4. The molecule has 0 radical (unpaired) electrons. The van der Waals surface area contributed by atoms with E-state index in [0.29, 0.717) is 6.54 Å². The number of aryl methyl sites for hydroxylation is 1. The molecule has 0 unspecified atom stereocenters. The molecule has 5 aromatic carbocycles. The van der Waals surface area contributed by atoms with Crippen LogP contribution in [0, 0.1) is 6.92 Å². The van der Waals surface area contributed by atoms with Crippen LogP contribution in [0.5, 0.6) is 0 Å². The summed E-state index contributed by atoms with van der Waals surface area (Å²) < 4.78 is 44.9. The Labute approximate surface area is 302 Å². The lowest BCUT2D eigenvalue weighted by Crippen LogP contribution is -2.50. The zero-order valence-electron chi connectivity index (χ0n) is 28.5. The van der Waals surface area contributed by atoms with E-state index in [2.05, 4.69) is 10.3 Å². The van der Waals surface area contributed by atoms with Gasteiger partial charge in [-0.1, -0.05) is 139 Å². The quantitative estimate of drug-likeness (QED) is 0.155. The second kappa shape index (κ2) is 15.1. The van der Waals surface area contributed by atoms with Crippen molar-refractivity contribution in [2.45, 2.75) is 47.6 Å². The largest absolute Gasteiger partial charge is 0.358 e. The molecule has 6 aromatic rings. The number of benzene rings is 5. The van der Waals surface area contributed by atoms with E-state index in [-0.39, 0.29) is 11.5 Å². The van der Waals surface area contributed by atoms with Crippen LogP contribution in [0.2, 0.25) is 0 Å². The molecule has 0 aliphatic carbocycles. The molecule has 2 heterocycles. The van der Waals surface area contributed by atoms with Gasteiger partial charge in [0.05, 0.1) is 17.5 Å². The van der Waals surface area contributed by atoms with Crippen molar-refractivity contribution in [2.75, 3.05) is 6.61 Å². The van der Waals surface area contributed by atoms with Crippen molar-refractivity contribution in [3.63, 3.8) is 0 Å². The standard InChI is InChI=1S/C42H39N3O6S/c1-30-22-24-35(25-23-30)52(48,49)39-36(51-40(45-27-26-37(46)44-41(45)47)38(39)43-28-31-14-6-2-7-15-31)29-50-42(32-16-8-3-9-17-32,33-18-10-4-11-19-33)34-20-12-5-13-21-34/h2-27,36,38-40,43H,28-29H2,1H3,(H,44,46,47)/t36-,38-,39+,40-/m1/s1. The van der Waals surface area contributed by atoms with Crippen molar-refractivity contribution in [3.8, 4) is 0 Å². The smallest absolute Gasteiger partial charge is 0.330 e. The SMILES string of the molecule is Cc1ccc(S(=O)(=O)[C@@H]2[C@@H](NCc3ccccc3)[C@H](n3ccc(=O)[nH]c3=O)O[C@@H]2COC(c2ccccc2)(c2ccccc2)c2ccccc2)cc1. The molecule has 52 heavy (non-hydrogen) atoms. The van der Waals surface area contributed by atoms with Crippen LogP contribution in [0.4, 0.5) is 0 Å². The predicted molar refractivity (Wildman–Crippen MR) is 200 cm³/mol. The number of nitrogens with zero attached hydrogens (tertiary/aromatic N) is 1. The maximum absolute atomic E-state index is 14.9. The summed E-state index contributed by atoms with van der Waals surface area (Å²) >= 11 is 0. The number of H-pyrrole nitrogens is 1. The first-order chi connectivity index (χ1) is 25.3. The van der Waals surface area contributed by atoms with Crippen molar-refractivity contribution in [3.05, 3.63) is 207 Å². The van der Waals surface area contributed by atoms with Gasteiger partial charge >= 0.3 is 5.69 Å². The Bertz CT molecular complexity index is 2220. The maximum atomic E-state index is 14.9. The number of hydrogen-bond donors (Lipinski definition) is 2. The molecule has 1 aliphatic heterocycles. The highest BCUT2D eigenvalue weighted by Crippen LogP contribution is 2.43. The highest BCUT2D eigenvalue weighted by Gasteiger charge is 2.53. The van der Waals surface area contributed by atoms with E-state index < -0.39 is 50.3 Å². The summed E-state index contributed by atoms with van der Waals surface area (Å²) in [5.74, 6) is 0. The number of ether oxygens (including phenoxy) is 2. The van der Waals surface area contributed by atoms with Crippen LogP contribution in [-0.2, 0) is 31.5 Å². The molecule has 9 nitrogen and oxygen atoms in total. The monoisotopic (exact) mass is 713 g/mol. The molecule has 0 saturated carbocycles. The van der Waals surface area contributed by atoms with Crippen molar-refractivity contribution < 1.29 is 17.9 Å². The Hall–Kier alpha value is -5.39. The Morgan fingerprint density at radius 1 is 0.731 bits per heavy atom. The Balaban J connectivity index is 1.38. The predicted octanol–water partition coefficient (Wildman–Crippen LogP) is 5.75. The first-order valence-corrected chi connectivity index (χ1v) is 18.7. The molecule has 1 aliphatic rings. The molecule has 1 fully saturated rings. The van der Waals surface area contributed by atoms with Gasteiger partial charge in [0.2, 0.25) is 0 Å². The average molecular weight is 714 g/mol. The highest BCUT2D eigenvalue weighted by molar-refractivity contribution is 7.92. The van der Waals surface area contributed by atoms with Gasteiger partial charge in [-0.15, -0.1) is 0 Å². The molecular formula is C42H39N3O6S. The van der Waals surface area contributed by atoms with Gasteiger partial charge in [-0.05, 0) is 41.3 Å². The van der Waals surface area contributed by atoms with Crippen molar-refractivity contribution >= 4 is 9.84 Å². The van der Waals surface area contributed by atoms with E-state index >= 15 is 0 Å². The molecule has 7 rings (SSSR count). The first-order valence-electron chi connectivity index (χ1n) is 17.1. The van der Waals surface area contributed by atoms with Crippen LogP contribution in [-0.4, -0.2) is 42.0 Å². The van der Waals surface area contributed by atoms with Gasteiger partial charge in [0.25, 0.3) is 5.56 Å². The second-order valence-electron chi connectivity index (χ2n) is 12.9. The van der Waals surface area contributed by atoms with Crippen LogP contribution in [0.15, 0.2) is 172 Å². The first kappa shape index (κ1) is 35.0. The molecule has 0 spiro atoms. The van der Waals surface area contributed by atoms with E-state index in [1.807, 2.05) is 128 Å². The lowest BCUT2D eigenvalue weighted by molar-refractivity contribution is -0.0789. The van der Waals surface area contributed by atoms with Crippen molar-refractivity contribution in [1.29, 1.82) is 0 Å². The summed E-state index contributed by atoms with van der Waals surface area (Å²) in [6.45, 7) is 2.01. The molecule has 2 N–H and O–H groups in total. The fourth-order valence-corrected chi connectivity index (χ4v) is 9.03. The van der Waals surface area contributed by atoms with E-state index in [0.717, 1.165) is 27.8 Å². The third kappa shape index (κ3) is 6.93. The van der Waals surface area contributed by atoms with Crippen LogP contribution in [0.25, 0.3) is 0 Å². The highest BCUT2D eigenvalue weighted by atomic mass is 32.2. The van der Waals surface area contributed by atoms with E-state index in [1.165, 1.54) is 16.8 Å².